The molecule has 0 unspecified atom stereocenters. The third kappa shape index (κ3) is 2.53. The molecule has 0 bridgehead atoms. The Morgan fingerprint density at radius 1 is 1.14 bits per heavy atom. The Morgan fingerprint density at radius 3 is 2.71 bits per heavy atom. The van der Waals surface area contributed by atoms with Gasteiger partial charge in [-0.1, -0.05) is 29.5 Å². The molecule has 0 fully saturated rings. The molecule has 0 amide bonds. The monoisotopic (exact) mass is 278 g/mol. The molecule has 0 atom stereocenters. The second-order valence-corrected chi connectivity index (χ2v) is 4.80. The molecular weight excluding hydrogens is 264 g/mol. The van der Waals surface area contributed by atoms with Gasteiger partial charge in [0.05, 0.1) is 11.9 Å². The SMILES string of the molecule is Cc1cccc(-n2cc(C(=O)c3ccccc3N)nn2)c1. The number of hydrogen-bond acceptors (Lipinski definition) is 4. The summed E-state index contributed by atoms with van der Waals surface area (Å²) in [5, 5.41) is 7.96. The highest BCUT2D eigenvalue weighted by atomic mass is 16.1. The molecule has 21 heavy (non-hydrogen) atoms. The van der Waals surface area contributed by atoms with Crippen LogP contribution in [0.4, 0.5) is 5.69 Å². The first kappa shape index (κ1) is 13.1. The first-order valence-corrected chi connectivity index (χ1v) is 6.54. The van der Waals surface area contributed by atoms with Gasteiger partial charge in [-0.15, -0.1) is 5.10 Å². The molecule has 0 aliphatic rings. The van der Waals surface area contributed by atoms with Crippen LogP contribution in [-0.2, 0) is 0 Å². The van der Waals surface area contributed by atoms with Crippen LogP contribution in [0.15, 0.2) is 54.7 Å². The summed E-state index contributed by atoms with van der Waals surface area (Å²) >= 11 is 0. The highest BCUT2D eigenvalue weighted by Crippen LogP contribution is 2.16. The zero-order valence-corrected chi connectivity index (χ0v) is 11.5. The summed E-state index contributed by atoms with van der Waals surface area (Å²) in [6.07, 6.45) is 1.61. The maximum absolute atomic E-state index is 12.4. The number of hydrogen-bond donors (Lipinski definition) is 1. The third-order valence-corrected chi connectivity index (χ3v) is 3.20. The molecule has 0 saturated carbocycles. The maximum Gasteiger partial charge on any atom is 0.216 e. The second kappa shape index (κ2) is 5.20. The molecule has 5 heteroatoms. The predicted octanol–water partition coefficient (Wildman–Crippen LogP) is 2.39. The minimum Gasteiger partial charge on any atom is -0.398 e. The average molecular weight is 278 g/mol. The number of benzene rings is 2. The Hall–Kier alpha value is -2.95. The summed E-state index contributed by atoms with van der Waals surface area (Å²) in [6, 6.07) is 14.7. The van der Waals surface area contributed by atoms with Crippen molar-refractivity contribution in [3.05, 3.63) is 71.5 Å². The number of anilines is 1. The van der Waals surface area contributed by atoms with Gasteiger partial charge in [0, 0.05) is 11.3 Å². The minimum atomic E-state index is -0.230. The molecule has 0 spiro atoms. The van der Waals surface area contributed by atoms with Gasteiger partial charge in [-0.3, -0.25) is 4.79 Å². The van der Waals surface area contributed by atoms with E-state index >= 15 is 0 Å². The molecular formula is C16H14N4O. The van der Waals surface area contributed by atoms with Gasteiger partial charge >= 0.3 is 0 Å². The normalized spacial score (nSPS) is 10.5. The fraction of sp³-hybridized carbons (Fsp3) is 0.0625. The van der Waals surface area contributed by atoms with Crippen LogP contribution in [0.25, 0.3) is 5.69 Å². The van der Waals surface area contributed by atoms with E-state index in [0.29, 0.717) is 11.3 Å². The van der Waals surface area contributed by atoms with Crippen molar-refractivity contribution >= 4 is 11.5 Å². The summed E-state index contributed by atoms with van der Waals surface area (Å²) in [7, 11) is 0. The van der Waals surface area contributed by atoms with Crippen LogP contribution in [0, 0.1) is 6.92 Å². The molecule has 2 aromatic carbocycles. The van der Waals surface area contributed by atoms with Gasteiger partial charge in [0.2, 0.25) is 5.78 Å². The fourth-order valence-electron chi connectivity index (χ4n) is 2.11. The van der Waals surface area contributed by atoms with Crippen LogP contribution < -0.4 is 5.73 Å². The van der Waals surface area contributed by atoms with Crippen molar-refractivity contribution in [2.75, 3.05) is 5.73 Å². The summed E-state index contributed by atoms with van der Waals surface area (Å²) in [4.78, 5) is 12.4. The number of nitrogens with two attached hydrogens (primary N) is 1. The molecule has 0 aliphatic carbocycles. The van der Waals surface area contributed by atoms with Crippen molar-refractivity contribution < 1.29 is 4.79 Å². The van der Waals surface area contributed by atoms with Crippen LogP contribution in [0.1, 0.15) is 21.6 Å². The van der Waals surface area contributed by atoms with Crippen LogP contribution in [0.2, 0.25) is 0 Å². The van der Waals surface area contributed by atoms with Gasteiger partial charge in [-0.05, 0) is 36.8 Å². The van der Waals surface area contributed by atoms with Gasteiger partial charge < -0.3 is 5.73 Å². The maximum atomic E-state index is 12.4. The number of aryl methyl sites for hydroxylation is 1. The first-order valence-electron chi connectivity index (χ1n) is 6.54. The van der Waals surface area contributed by atoms with Crippen molar-refractivity contribution in [3.8, 4) is 5.69 Å². The molecule has 1 heterocycles. The lowest BCUT2D eigenvalue weighted by atomic mass is 10.1. The van der Waals surface area contributed by atoms with Gasteiger partial charge in [0.15, 0.2) is 5.69 Å². The Bertz CT molecular complexity index is 807. The Kier molecular flexibility index (Phi) is 3.23. The lowest BCUT2D eigenvalue weighted by molar-refractivity contribution is 0.103. The molecule has 0 saturated heterocycles. The van der Waals surface area contributed by atoms with Crippen molar-refractivity contribution in [1.82, 2.24) is 15.0 Å². The van der Waals surface area contributed by atoms with Crippen molar-refractivity contribution in [2.24, 2.45) is 0 Å². The number of aromatic nitrogens is 3. The van der Waals surface area contributed by atoms with Gasteiger partial charge in [-0.2, -0.15) is 0 Å². The summed E-state index contributed by atoms with van der Waals surface area (Å²) in [5.41, 5.74) is 8.95. The van der Waals surface area contributed by atoms with E-state index in [2.05, 4.69) is 10.3 Å². The van der Waals surface area contributed by atoms with E-state index in [4.69, 9.17) is 5.73 Å². The zero-order chi connectivity index (χ0) is 14.8. The Balaban J connectivity index is 1.95. The minimum absolute atomic E-state index is 0.230. The van der Waals surface area contributed by atoms with Crippen LogP contribution in [0.3, 0.4) is 0 Å². The highest BCUT2D eigenvalue weighted by Gasteiger charge is 2.16. The van der Waals surface area contributed by atoms with Gasteiger partial charge in [0.1, 0.15) is 0 Å². The molecule has 3 aromatic rings. The van der Waals surface area contributed by atoms with Gasteiger partial charge in [-0.25, -0.2) is 4.68 Å². The molecule has 5 nitrogen and oxygen atoms in total. The zero-order valence-electron chi connectivity index (χ0n) is 11.5. The topological polar surface area (TPSA) is 73.8 Å². The Morgan fingerprint density at radius 2 is 1.95 bits per heavy atom. The Labute approximate surface area is 122 Å². The molecule has 104 valence electrons. The van der Waals surface area contributed by atoms with E-state index < -0.39 is 0 Å². The molecule has 3 rings (SSSR count). The third-order valence-electron chi connectivity index (χ3n) is 3.20. The number of para-hydroxylation sites is 1. The first-order chi connectivity index (χ1) is 10.1. The lowest BCUT2D eigenvalue weighted by Gasteiger charge is -2.01. The fourth-order valence-corrected chi connectivity index (χ4v) is 2.11. The second-order valence-electron chi connectivity index (χ2n) is 4.80. The van der Waals surface area contributed by atoms with Crippen molar-refractivity contribution in [2.45, 2.75) is 6.92 Å². The largest absolute Gasteiger partial charge is 0.398 e. The van der Waals surface area contributed by atoms with E-state index in [1.807, 2.05) is 31.2 Å². The summed E-state index contributed by atoms with van der Waals surface area (Å²) < 4.78 is 1.58. The summed E-state index contributed by atoms with van der Waals surface area (Å²) in [6.45, 7) is 2.00. The average Bonchev–Trinajstić information content (AvgIpc) is 2.97. The summed E-state index contributed by atoms with van der Waals surface area (Å²) in [5.74, 6) is -0.230. The van der Waals surface area contributed by atoms with E-state index in [9.17, 15) is 4.79 Å². The van der Waals surface area contributed by atoms with Crippen LogP contribution in [0.5, 0.6) is 0 Å². The molecule has 0 aliphatic heterocycles. The van der Waals surface area contributed by atoms with Gasteiger partial charge in [0.25, 0.3) is 0 Å². The number of carbonyl (C=O) groups is 1. The molecule has 2 N–H and O–H groups in total. The number of nitrogen functional groups attached to an aromatic ring is 1. The molecule has 0 radical (unpaired) electrons. The van der Waals surface area contributed by atoms with E-state index in [0.717, 1.165) is 11.3 Å². The quantitative estimate of drug-likeness (QED) is 0.589. The van der Waals surface area contributed by atoms with Crippen molar-refractivity contribution in [3.63, 3.8) is 0 Å². The van der Waals surface area contributed by atoms with E-state index in [1.165, 1.54) is 0 Å². The van der Waals surface area contributed by atoms with E-state index in [1.54, 1.807) is 35.1 Å². The predicted molar refractivity (Wildman–Crippen MR) is 80.4 cm³/mol. The number of ketones is 1. The smallest absolute Gasteiger partial charge is 0.216 e. The van der Waals surface area contributed by atoms with E-state index in [-0.39, 0.29) is 11.5 Å². The van der Waals surface area contributed by atoms with Crippen molar-refractivity contribution in [1.29, 1.82) is 0 Å². The highest BCUT2D eigenvalue weighted by molar-refractivity contribution is 6.10. The number of nitrogens with zero attached hydrogens (tertiary/aromatic N) is 3. The standard InChI is InChI=1S/C16H14N4O/c1-11-5-4-6-12(9-11)20-10-15(18-19-20)16(21)13-7-2-3-8-14(13)17/h2-10H,17H2,1H3. The van der Waals surface area contributed by atoms with Crippen LogP contribution >= 0.6 is 0 Å². The lowest BCUT2D eigenvalue weighted by Crippen LogP contribution is -2.05. The van der Waals surface area contributed by atoms with Crippen LogP contribution in [-0.4, -0.2) is 20.8 Å². The molecule has 1 aromatic heterocycles. The number of rotatable bonds is 3. The number of carbonyl (C=O) groups excluding carboxylic acids is 1.